The smallest absolute Gasteiger partial charge is 0.353 e. The van der Waals surface area contributed by atoms with Crippen molar-refractivity contribution >= 4 is 11.9 Å². The predicted octanol–water partition coefficient (Wildman–Crippen LogP) is 1.53. The van der Waals surface area contributed by atoms with Crippen molar-refractivity contribution in [3.63, 3.8) is 0 Å². The molecule has 19 heavy (non-hydrogen) atoms. The fraction of sp³-hybridized carbons (Fsp3) is 0.231. The van der Waals surface area contributed by atoms with Gasteiger partial charge >= 0.3 is 11.9 Å². The summed E-state index contributed by atoms with van der Waals surface area (Å²) in [5.41, 5.74) is -0.886. The fourth-order valence-corrected chi connectivity index (χ4v) is 0.970. The van der Waals surface area contributed by atoms with E-state index in [1.807, 2.05) is 0 Å². The molecule has 0 aliphatic heterocycles. The molecule has 0 aliphatic carbocycles. The number of allylic oxidation sites excluding steroid dienone is 1. The Morgan fingerprint density at radius 2 is 1.89 bits per heavy atom. The zero-order valence-electron chi connectivity index (χ0n) is 10.4. The Hall–Kier alpha value is -2.86. The summed E-state index contributed by atoms with van der Waals surface area (Å²) in [5, 5.41) is 17.4. The summed E-state index contributed by atoms with van der Waals surface area (Å²) in [6.07, 6.45) is 1.31. The maximum absolute atomic E-state index is 11.5. The van der Waals surface area contributed by atoms with Crippen molar-refractivity contribution in [2.75, 3.05) is 6.61 Å². The Morgan fingerprint density at radius 3 is 2.32 bits per heavy atom. The lowest BCUT2D eigenvalue weighted by Gasteiger charge is -2.08. The van der Waals surface area contributed by atoms with Crippen LogP contribution in [0.3, 0.4) is 0 Å². The number of hydrogen-bond donors (Lipinski definition) is 0. The minimum Gasteiger partial charge on any atom is -0.462 e. The minimum atomic E-state index is -1.03. The number of nitriles is 2. The van der Waals surface area contributed by atoms with E-state index in [0.29, 0.717) is 0 Å². The lowest BCUT2D eigenvalue weighted by Crippen LogP contribution is -2.13. The first kappa shape index (κ1) is 16.1. The monoisotopic (exact) mass is 260 g/mol. The van der Waals surface area contributed by atoms with Crippen molar-refractivity contribution in [1.82, 2.24) is 0 Å². The van der Waals surface area contributed by atoms with Crippen molar-refractivity contribution in [3.8, 4) is 12.1 Å². The minimum absolute atomic E-state index is 0.0356. The molecule has 6 heteroatoms. The lowest BCUT2D eigenvalue weighted by atomic mass is 10.2. The Labute approximate surface area is 110 Å². The molecule has 98 valence electrons. The fourth-order valence-electron chi connectivity index (χ4n) is 0.970. The van der Waals surface area contributed by atoms with Crippen molar-refractivity contribution in [2.45, 2.75) is 13.3 Å². The molecule has 0 rings (SSSR count). The molecule has 6 nitrogen and oxygen atoms in total. The molecule has 0 radical (unpaired) electrons. The number of hydrogen-bond acceptors (Lipinski definition) is 6. The van der Waals surface area contributed by atoms with Crippen molar-refractivity contribution < 1.29 is 19.1 Å². The molecule has 0 bridgehead atoms. The second-order valence-corrected chi connectivity index (χ2v) is 3.10. The first-order chi connectivity index (χ1) is 9.01. The van der Waals surface area contributed by atoms with Gasteiger partial charge in [-0.3, -0.25) is 0 Å². The maximum Gasteiger partial charge on any atom is 0.353 e. The van der Waals surface area contributed by atoms with E-state index in [1.165, 1.54) is 12.1 Å². The van der Waals surface area contributed by atoms with Gasteiger partial charge in [0, 0.05) is 6.42 Å². The molecule has 0 atom stereocenters. The van der Waals surface area contributed by atoms with Crippen LogP contribution in [-0.2, 0) is 19.1 Å². The molecule has 0 spiro atoms. The normalized spacial score (nSPS) is 10.3. The SMILES string of the molecule is C=CC/C(OC(=O)C(=C)C#N)=C(\C#N)C(=O)OCC. The zero-order valence-corrected chi connectivity index (χ0v) is 10.4. The first-order valence-corrected chi connectivity index (χ1v) is 5.24. The van der Waals surface area contributed by atoms with E-state index in [9.17, 15) is 9.59 Å². The lowest BCUT2D eigenvalue weighted by molar-refractivity contribution is -0.138. The third kappa shape index (κ3) is 4.88. The first-order valence-electron chi connectivity index (χ1n) is 5.24. The summed E-state index contributed by atoms with van der Waals surface area (Å²) in [4.78, 5) is 22.9. The third-order valence-electron chi connectivity index (χ3n) is 1.80. The molecule has 0 aliphatic rings. The van der Waals surface area contributed by atoms with Gasteiger partial charge in [0.05, 0.1) is 6.61 Å². The Bertz CT molecular complexity index is 518. The second kappa shape index (κ2) is 8.26. The summed E-state index contributed by atoms with van der Waals surface area (Å²) < 4.78 is 9.45. The highest BCUT2D eigenvalue weighted by Crippen LogP contribution is 2.14. The van der Waals surface area contributed by atoms with E-state index < -0.39 is 23.1 Å². The average Bonchev–Trinajstić information content (AvgIpc) is 2.39. The van der Waals surface area contributed by atoms with Crippen LogP contribution in [-0.4, -0.2) is 18.5 Å². The molecule has 0 heterocycles. The van der Waals surface area contributed by atoms with Gasteiger partial charge in [-0.1, -0.05) is 12.7 Å². The standard InChI is InChI=1S/C13H12N2O4/c1-4-6-11(19-12(16)9(3)7-14)10(8-15)13(17)18-5-2/h4H,1,3,5-6H2,2H3/b11-10-. The van der Waals surface area contributed by atoms with Crippen LogP contribution in [0.1, 0.15) is 13.3 Å². The number of ether oxygens (including phenoxy) is 2. The highest BCUT2D eigenvalue weighted by molar-refractivity contribution is 5.96. The highest BCUT2D eigenvalue weighted by atomic mass is 16.5. The van der Waals surface area contributed by atoms with Crippen LogP contribution in [0.15, 0.2) is 36.1 Å². The predicted molar refractivity (Wildman–Crippen MR) is 64.9 cm³/mol. The molecule has 0 fully saturated rings. The van der Waals surface area contributed by atoms with Gasteiger partial charge in [0.2, 0.25) is 0 Å². The molecule has 0 aromatic rings. The molecular weight excluding hydrogens is 248 g/mol. The molecule has 0 saturated heterocycles. The summed E-state index contributed by atoms with van der Waals surface area (Å²) in [6, 6.07) is 3.11. The van der Waals surface area contributed by atoms with E-state index in [4.69, 9.17) is 15.3 Å². The summed E-state index contributed by atoms with van der Waals surface area (Å²) in [6.45, 7) is 8.24. The van der Waals surface area contributed by atoms with E-state index in [2.05, 4.69) is 17.9 Å². The van der Waals surface area contributed by atoms with Crippen LogP contribution in [0, 0.1) is 22.7 Å². The summed E-state index contributed by atoms with van der Waals surface area (Å²) in [7, 11) is 0. The van der Waals surface area contributed by atoms with Gasteiger partial charge in [0.1, 0.15) is 23.5 Å². The van der Waals surface area contributed by atoms with Gasteiger partial charge in [0.15, 0.2) is 5.57 Å². The van der Waals surface area contributed by atoms with Gasteiger partial charge in [-0.25, -0.2) is 9.59 Å². The van der Waals surface area contributed by atoms with Crippen LogP contribution >= 0.6 is 0 Å². The number of esters is 2. The highest BCUT2D eigenvalue weighted by Gasteiger charge is 2.20. The number of nitrogens with zero attached hydrogens (tertiary/aromatic N) is 2. The Kier molecular flexibility index (Phi) is 7.02. The molecule has 0 aromatic heterocycles. The van der Waals surface area contributed by atoms with Crippen molar-refractivity contribution in [3.05, 3.63) is 36.1 Å². The molecule has 0 amide bonds. The molecule has 0 aromatic carbocycles. The maximum atomic E-state index is 11.5. The van der Waals surface area contributed by atoms with Crippen LogP contribution in [0.2, 0.25) is 0 Å². The van der Waals surface area contributed by atoms with Crippen molar-refractivity contribution in [2.24, 2.45) is 0 Å². The van der Waals surface area contributed by atoms with Gasteiger partial charge in [-0.05, 0) is 6.92 Å². The molecule has 0 unspecified atom stereocenters. The second-order valence-electron chi connectivity index (χ2n) is 3.10. The van der Waals surface area contributed by atoms with E-state index in [0.717, 1.165) is 0 Å². The summed E-state index contributed by atoms with van der Waals surface area (Å²) >= 11 is 0. The number of carbonyl (C=O) groups is 2. The quantitative estimate of drug-likeness (QED) is 0.236. The summed E-state index contributed by atoms with van der Waals surface area (Å²) in [5.74, 6) is -2.16. The number of rotatable bonds is 6. The topological polar surface area (TPSA) is 100 Å². The Balaban J connectivity index is 5.38. The number of carbonyl (C=O) groups excluding carboxylic acids is 2. The third-order valence-corrected chi connectivity index (χ3v) is 1.80. The van der Waals surface area contributed by atoms with Gasteiger partial charge in [-0.15, -0.1) is 6.58 Å². The van der Waals surface area contributed by atoms with Crippen LogP contribution in [0.25, 0.3) is 0 Å². The van der Waals surface area contributed by atoms with Gasteiger partial charge in [-0.2, -0.15) is 10.5 Å². The van der Waals surface area contributed by atoms with Gasteiger partial charge < -0.3 is 9.47 Å². The van der Waals surface area contributed by atoms with Crippen molar-refractivity contribution in [1.29, 1.82) is 10.5 Å². The van der Waals surface area contributed by atoms with E-state index in [-0.39, 0.29) is 18.8 Å². The Morgan fingerprint density at radius 1 is 1.26 bits per heavy atom. The average molecular weight is 260 g/mol. The van der Waals surface area contributed by atoms with Crippen LogP contribution in [0.5, 0.6) is 0 Å². The van der Waals surface area contributed by atoms with Crippen LogP contribution < -0.4 is 0 Å². The van der Waals surface area contributed by atoms with E-state index >= 15 is 0 Å². The van der Waals surface area contributed by atoms with E-state index in [1.54, 1.807) is 13.0 Å². The molecular formula is C13H12N2O4. The molecule has 0 saturated carbocycles. The largest absolute Gasteiger partial charge is 0.462 e. The molecule has 0 N–H and O–H groups in total. The van der Waals surface area contributed by atoms with Crippen LogP contribution in [0.4, 0.5) is 0 Å². The van der Waals surface area contributed by atoms with Gasteiger partial charge in [0.25, 0.3) is 0 Å². The zero-order chi connectivity index (χ0) is 14.8.